The van der Waals surface area contributed by atoms with Gasteiger partial charge in [-0.2, -0.15) is 8.78 Å². The van der Waals surface area contributed by atoms with E-state index in [2.05, 4.69) is 11.7 Å². The third kappa shape index (κ3) is 8.17. The molecule has 118 valence electrons. The van der Waals surface area contributed by atoms with E-state index >= 15 is 0 Å². The van der Waals surface area contributed by atoms with Crippen molar-refractivity contribution in [2.75, 3.05) is 7.11 Å². The standard InChI is InChI=1S/C15H25F2IO2/c1-3-4-5-6-7-8-9-10-11-12-13(18)15(16,17)14(19)20-2/h12H,3-11H2,1-2H3. The van der Waals surface area contributed by atoms with Gasteiger partial charge in [0.15, 0.2) is 0 Å². The van der Waals surface area contributed by atoms with Gasteiger partial charge in [0, 0.05) is 0 Å². The van der Waals surface area contributed by atoms with Crippen LogP contribution in [0, 0.1) is 0 Å². The van der Waals surface area contributed by atoms with E-state index in [1.165, 1.54) is 60.8 Å². The molecule has 0 aromatic heterocycles. The highest BCUT2D eigenvalue weighted by atomic mass is 127. The van der Waals surface area contributed by atoms with Crippen molar-refractivity contribution in [1.29, 1.82) is 0 Å². The fraction of sp³-hybridized carbons (Fsp3) is 0.800. The third-order valence-electron chi connectivity index (χ3n) is 3.12. The molecule has 0 atom stereocenters. The summed E-state index contributed by atoms with van der Waals surface area (Å²) in [5, 5.41) is 0. The Balaban J connectivity index is 3.76. The second kappa shape index (κ2) is 11.5. The van der Waals surface area contributed by atoms with Gasteiger partial charge in [-0.1, -0.05) is 57.9 Å². The van der Waals surface area contributed by atoms with Gasteiger partial charge < -0.3 is 4.74 Å². The minimum Gasteiger partial charge on any atom is -0.464 e. The smallest absolute Gasteiger partial charge is 0.382 e. The van der Waals surface area contributed by atoms with Gasteiger partial charge in [-0.15, -0.1) is 0 Å². The number of rotatable bonds is 11. The number of methoxy groups -OCH3 is 1. The molecule has 0 aromatic rings. The lowest BCUT2D eigenvalue weighted by Crippen LogP contribution is -2.30. The van der Waals surface area contributed by atoms with E-state index < -0.39 is 11.9 Å². The second-order valence-corrected chi connectivity index (χ2v) is 6.04. The van der Waals surface area contributed by atoms with E-state index in [0.29, 0.717) is 6.42 Å². The number of esters is 1. The molecule has 0 radical (unpaired) electrons. The summed E-state index contributed by atoms with van der Waals surface area (Å²) in [6.45, 7) is 2.19. The number of carbonyl (C=O) groups is 1. The quantitative estimate of drug-likeness (QED) is 0.254. The van der Waals surface area contributed by atoms with Gasteiger partial charge >= 0.3 is 11.9 Å². The van der Waals surface area contributed by atoms with Crippen molar-refractivity contribution in [3.63, 3.8) is 0 Å². The summed E-state index contributed by atoms with van der Waals surface area (Å²) in [7, 11) is 0.971. The monoisotopic (exact) mass is 402 g/mol. The predicted octanol–water partition coefficient (Wildman–Crippen LogP) is 5.64. The van der Waals surface area contributed by atoms with Gasteiger partial charge in [0.2, 0.25) is 0 Å². The summed E-state index contributed by atoms with van der Waals surface area (Å²) in [4.78, 5) is 10.9. The number of hydrogen-bond acceptors (Lipinski definition) is 2. The van der Waals surface area contributed by atoms with Crippen LogP contribution >= 0.6 is 22.6 Å². The Hall–Kier alpha value is -0.200. The summed E-state index contributed by atoms with van der Waals surface area (Å²) in [5.74, 6) is -5.00. The average molecular weight is 402 g/mol. The molecule has 0 rings (SSSR count). The summed E-state index contributed by atoms with van der Waals surface area (Å²) >= 11 is 1.52. The minimum absolute atomic E-state index is 0.245. The van der Waals surface area contributed by atoms with Gasteiger partial charge in [0.1, 0.15) is 0 Å². The van der Waals surface area contributed by atoms with E-state index in [-0.39, 0.29) is 3.58 Å². The zero-order chi connectivity index (χ0) is 15.4. The van der Waals surface area contributed by atoms with E-state index in [1.54, 1.807) is 0 Å². The average Bonchev–Trinajstić information content (AvgIpc) is 2.44. The van der Waals surface area contributed by atoms with Crippen LogP contribution in [0.4, 0.5) is 8.78 Å². The van der Waals surface area contributed by atoms with Crippen LogP contribution in [-0.4, -0.2) is 19.0 Å². The highest BCUT2D eigenvalue weighted by Crippen LogP contribution is 2.31. The van der Waals surface area contributed by atoms with E-state index in [0.717, 1.165) is 26.4 Å². The zero-order valence-corrected chi connectivity index (χ0v) is 14.5. The molecule has 0 aliphatic rings. The minimum atomic E-state index is -3.50. The fourth-order valence-electron chi connectivity index (χ4n) is 1.86. The molecule has 0 amide bonds. The van der Waals surface area contributed by atoms with Crippen LogP contribution in [0.3, 0.4) is 0 Å². The molecule has 0 aliphatic heterocycles. The van der Waals surface area contributed by atoms with Crippen molar-refractivity contribution >= 4 is 28.6 Å². The topological polar surface area (TPSA) is 26.3 Å². The van der Waals surface area contributed by atoms with E-state index in [9.17, 15) is 13.6 Å². The first-order chi connectivity index (χ1) is 9.46. The maximum Gasteiger partial charge on any atom is 0.382 e. The summed E-state index contributed by atoms with van der Waals surface area (Å²) < 4.78 is 30.7. The number of alkyl halides is 2. The van der Waals surface area contributed by atoms with Crippen LogP contribution in [0.25, 0.3) is 0 Å². The number of hydrogen-bond donors (Lipinski definition) is 0. The zero-order valence-electron chi connectivity index (χ0n) is 12.4. The normalized spacial score (nSPS) is 12.6. The number of carbonyl (C=O) groups excluding carboxylic acids is 1. The van der Waals surface area contributed by atoms with E-state index in [1.807, 2.05) is 0 Å². The third-order valence-corrected chi connectivity index (χ3v) is 4.24. The van der Waals surface area contributed by atoms with Gasteiger partial charge in [-0.3, -0.25) is 0 Å². The SMILES string of the molecule is CCCCCCCCCCC=C(I)C(F)(F)C(=O)OC. The lowest BCUT2D eigenvalue weighted by atomic mass is 10.1. The first kappa shape index (κ1) is 19.8. The summed E-state index contributed by atoms with van der Waals surface area (Å²) in [5.41, 5.74) is 0. The van der Waals surface area contributed by atoms with Crippen molar-refractivity contribution < 1.29 is 18.3 Å². The molecule has 0 heterocycles. The number of allylic oxidation sites excluding steroid dienone is 1. The first-order valence-corrected chi connectivity index (χ1v) is 8.37. The molecule has 0 spiro atoms. The van der Waals surface area contributed by atoms with Crippen LogP contribution in [0.5, 0.6) is 0 Å². The fourth-order valence-corrected chi connectivity index (χ4v) is 2.39. The molecule has 0 saturated carbocycles. The highest BCUT2D eigenvalue weighted by Gasteiger charge is 2.43. The van der Waals surface area contributed by atoms with Gasteiger partial charge in [0.25, 0.3) is 0 Å². The first-order valence-electron chi connectivity index (χ1n) is 7.29. The van der Waals surface area contributed by atoms with Crippen LogP contribution in [0.15, 0.2) is 9.66 Å². The van der Waals surface area contributed by atoms with Gasteiger partial charge in [0.05, 0.1) is 10.7 Å². The Kier molecular flexibility index (Phi) is 11.3. The molecule has 0 bridgehead atoms. The number of unbranched alkanes of at least 4 members (excludes halogenated alkanes) is 8. The van der Waals surface area contributed by atoms with Gasteiger partial charge in [-0.05, 0) is 35.4 Å². The number of ether oxygens (including phenoxy) is 1. The van der Waals surface area contributed by atoms with Gasteiger partial charge in [-0.25, -0.2) is 4.79 Å². The van der Waals surface area contributed by atoms with Crippen molar-refractivity contribution in [2.45, 2.75) is 70.6 Å². The number of halogens is 3. The molecule has 5 heteroatoms. The lowest BCUT2D eigenvalue weighted by Gasteiger charge is -2.12. The van der Waals surface area contributed by atoms with E-state index in [4.69, 9.17) is 0 Å². The molecule has 0 fully saturated rings. The predicted molar refractivity (Wildman–Crippen MR) is 86.3 cm³/mol. The second-order valence-electron chi connectivity index (χ2n) is 4.88. The van der Waals surface area contributed by atoms with Crippen molar-refractivity contribution in [3.8, 4) is 0 Å². The molecule has 20 heavy (non-hydrogen) atoms. The molecular weight excluding hydrogens is 377 g/mol. The van der Waals surface area contributed by atoms with Crippen LogP contribution < -0.4 is 0 Å². The van der Waals surface area contributed by atoms with Crippen LogP contribution in [-0.2, 0) is 9.53 Å². The molecule has 0 aromatic carbocycles. The maximum absolute atomic E-state index is 13.4. The maximum atomic E-state index is 13.4. The lowest BCUT2D eigenvalue weighted by molar-refractivity contribution is -0.162. The van der Waals surface area contributed by atoms with Crippen molar-refractivity contribution in [3.05, 3.63) is 9.66 Å². The molecule has 0 unspecified atom stereocenters. The Labute approximate surface area is 134 Å². The molecular formula is C15H25F2IO2. The summed E-state index contributed by atoms with van der Waals surface area (Å²) in [6, 6.07) is 0. The Morgan fingerprint density at radius 1 is 1.10 bits per heavy atom. The van der Waals surface area contributed by atoms with Crippen LogP contribution in [0.1, 0.15) is 64.7 Å². The molecule has 0 N–H and O–H groups in total. The Morgan fingerprint density at radius 3 is 2.10 bits per heavy atom. The highest BCUT2D eigenvalue weighted by molar-refractivity contribution is 14.1. The Morgan fingerprint density at radius 2 is 1.60 bits per heavy atom. The largest absolute Gasteiger partial charge is 0.464 e. The summed E-state index contributed by atoms with van der Waals surface area (Å²) in [6.07, 6.45) is 11.4. The van der Waals surface area contributed by atoms with Crippen LogP contribution in [0.2, 0.25) is 0 Å². The Bertz CT molecular complexity index is 304. The van der Waals surface area contributed by atoms with Crippen molar-refractivity contribution in [1.82, 2.24) is 0 Å². The molecule has 0 aliphatic carbocycles. The van der Waals surface area contributed by atoms with Crippen molar-refractivity contribution in [2.24, 2.45) is 0 Å². The molecule has 0 saturated heterocycles. The molecule has 2 nitrogen and oxygen atoms in total.